The largest absolute Gasteiger partial charge is 0.461 e. The summed E-state index contributed by atoms with van der Waals surface area (Å²) < 4.78 is 23.3. The summed E-state index contributed by atoms with van der Waals surface area (Å²) in [6.07, 6.45) is 10.4. The molecule has 2 unspecified atom stereocenters. The molecular formula is C33H41FN8O. The van der Waals surface area contributed by atoms with Gasteiger partial charge < -0.3 is 15.0 Å². The van der Waals surface area contributed by atoms with Gasteiger partial charge in [-0.2, -0.15) is 15.1 Å². The maximum absolute atomic E-state index is 16.7. The van der Waals surface area contributed by atoms with E-state index in [0.29, 0.717) is 35.9 Å². The highest BCUT2D eigenvalue weighted by Gasteiger charge is 2.51. The SMILES string of the molecule is CCC1CN2CC(CC)CC2(COc2nc(N3C[C@H]4CC[C@@H](C3)N4)c3cnc(-c4c(C)ccc5[nH]ncc45)c(F)c3n2)C1. The molecule has 8 rings (SSSR count). The van der Waals surface area contributed by atoms with E-state index in [1.807, 2.05) is 19.1 Å². The van der Waals surface area contributed by atoms with E-state index in [9.17, 15) is 0 Å². The molecule has 0 saturated carbocycles. The molecule has 1 aromatic carbocycles. The molecule has 3 aromatic heterocycles. The Balaban J connectivity index is 1.22. The van der Waals surface area contributed by atoms with Crippen molar-refractivity contribution in [2.75, 3.05) is 37.7 Å². The molecule has 43 heavy (non-hydrogen) atoms. The number of ether oxygens (including phenoxy) is 1. The number of aryl methyl sites for hydroxylation is 1. The summed E-state index contributed by atoms with van der Waals surface area (Å²) >= 11 is 0. The zero-order valence-corrected chi connectivity index (χ0v) is 25.4. The number of halogens is 1. The molecule has 9 nitrogen and oxygen atoms in total. The van der Waals surface area contributed by atoms with Crippen LogP contribution in [0.4, 0.5) is 10.2 Å². The molecule has 7 heterocycles. The summed E-state index contributed by atoms with van der Waals surface area (Å²) in [5, 5.41) is 12.4. The Labute approximate surface area is 251 Å². The smallest absolute Gasteiger partial charge is 0.319 e. The number of aromatic nitrogens is 5. The first-order valence-electron chi connectivity index (χ1n) is 16.1. The molecule has 2 bridgehead atoms. The van der Waals surface area contributed by atoms with Crippen LogP contribution in [-0.2, 0) is 0 Å². The van der Waals surface area contributed by atoms with E-state index in [1.165, 1.54) is 12.8 Å². The molecule has 0 aliphatic carbocycles. The minimum absolute atomic E-state index is 0.00394. The first kappa shape index (κ1) is 27.2. The zero-order valence-electron chi connectivity index (χ0n) is 25.4. The van der Waals surface area contributed by atoms with Crippen molar-refractivity contribution in [2.45, 2.75) is 76.9 Å². The summed E-state index contributed by atoms with van der Waals surface area (Å²) in [7, 11) is 0. The van der Waals surface area contributed by atoms with Crippen molar-refractivity contribution < 1.29 is 9.13 Å². The topological polar surface area (TPSA) is 95.1 Å². The Hall–Kier alpha value is -3.37. The van der Waals surface area contributed by atoms with Crippen molar-refractivity contribution in [1.29, 1.82) is 0 Å². The van der Waals surface area contributed by atoms with Crippen molar-refractivity contribution in [3.05, 3.63) is 35.9 Å². The second-order valence-electron chi connectivity index (χ2n) is 13.5. The third kappa shape index (κ3) is 4.47. The van der Waals surface area contributed by atoms with Crippen LogP contribution in [0, 0.1) is 24.6 Å². The number of fused-ring (bicyclic) bond motifs is 5. The lowest BCUT2D eigenvalue weighted by Crippen LogP contribution is -2.51. The highest BCUT2D eigenvalue weighted by atomic mass is 19.1. The van der Waals surface area contributed by atoms with E-state index in [-0.39, 0.29) is 22.8 Å². The first-order valence-corrected chi connectivity index (χ1v) is 16.1. The normalized spacial score (nSPS) is 28.8. The number of hydrogen-bond donors (Lipinski definition) is 2. The van der Waals surface area contributed by atoms with Crippen LogP contribution in [0.1, 0.15) is 57.9 Å². The van der Waals surface area contributed by atoms with Gasteiger partial charge in [0, 0.05) is 55.4 Å². The molecule has 4 fully saturated rings. The zero-order chi connectivity index (χ0) is 29.3. The number of anilines is 1. The Bertz CT molecular complexity index is 1660. The minimum atomic E-state index is -0.445. The molecule has 4 saturated heterocycles. The lowest BCUT2D eigenvalue weighted by Gasteiger charge is -2.34. The molecule has 2 N–H and O–H groups in total. The standard InChI is InChI=1S/C33H41FN8O/c1-4-20-10-33(11-21(5-2)15-42(33)14-20)18-43-32-38-29-25(31(39-32)41-16-22-7-8-23(17-41)37-22)12-35-30(28(29)34)27-19(3)6-9-26-24(27)13-36-40-26/h6,9,12-13,20-23,37H,4-5,7-8,10-11,14-18H2,1-3H3,(H,36,40)/t20?,21?,22-,23+,33?. The third-order valence-electron chi connectivity index (χ3n) is 10.8. The van der Waals surface area contributed by atoms with Crippen LogP contribution in [-0.4, -0.2) is 80.5 Å². The molecule has 4 aromatic rings. The average Bonchev–Trinajstić information content (AvgIpc) is 3.78. The van der Waals surface area contributed by atoms with Gasteiger partial charge in [0.25, 0.3) is 0 Å². The van der Waals surface area contributed by atoms with Gasteiger partial charge in [-0.3, -0.25) is 15.0 Å². The van der Waals surface area contributed by atoms with Crippen molar-refractivity contribution in [1.82, 2.24) is 35.4 Å². The molecule has 4 atom stereocenters. The average molecular weight is 585 g/mol. The highest BCUT2D eigenvalue weighted by Crippen LogP contribution is 2.46. The van der Waals surface area contributed by atoms with Gasteiger partial charge in [0.05, 0.1) is 22.6 Å². The number of H-pyrrole nitrogens is 1. The number of piperazine rings is 1. The van der Waals surface area contributed by atoms with Gasteiger partial charge in [-0.1, -0.05) is 32.8 Å². The van der Waals surface area contributed by atoms with Crippen molar-refractivity contribution in [3.8, 4) is 17.3 Å². The molecule has 0 spiro atoms. The third-order valence-corrected chi connectivity index (χ3v) is 10.8. The van der Waals surface area contributed by atoms with E-state index in [0.717, 1.165) is 79.7 Å². The van der Waals surface area contributed by atoms with Crippen LogP contribution in [0.2, 0.25) is 0 Å². The lowest BCUT2D eigenvalue weighted by molar-refractivity contribution is 0.107. The number of aromatic amines is 1. The predicted molar refractivity (Wildman–Crippen MR) is 166 cm³/mol. The van der Waals surface area contributed by atoms with Crippen LogP contribution in [0.15, 0.2) is 24.5 Å². The fourth-order valence-electron chi connectivity index (χ4n) is 8.50. The Morgan fingerprint density at radius 2 is 1.72 bits per heavy atom. The van der Waals surface area contributed by atoms with E-state index in [2.05, 4.69) is 39.2 Å². The maximum Gasteiger partial charge on any atom is 0.319 e. The second kappa shape index (κ2) is 10.4. The van der Waals surface area contributed by atoms with Crippen LogP contribution in [0.3, 0.4) is 0 Å². The lowest BCUT2D eigenvalue weighted by atomic mass is 9.86. The number of nitrogens with one attached hydrogen (secondary N) is 2. The van der Waals surface area contributed by atoms with E-state index >= 15 is 4.39 Å². The summed E-state index contributed by atoms with van der Waals surface area (Å²) in [4.78, 5) is 19.4. The van der Waals surface area contributed by atoms with Gasteiger partial charge in [0.2, 0.25) is 0 Å². The summed E-state index contributed by atoms with van der Waals surface area (Å²) in [5.41, 5.74) is 3.06. The van der Waals surface area contributed by atoms with Gasteiger partial charge in [0.1, 0.15) is 23.6 Å². The summed E-state index contributed by atoms with van der Waals surface area (Å²) in [5.74, 6) is 1.65. The molecule has 226 valence electrons. The molecule has 10 heteroatoms. The Kier molecular flexibility index (Phi) is 6.56. The monoisotopic (exact) mass is 584 g/mol. The number of nitrogens with zero attached hydrogens (tertiary/aromatic N) is 6. The van der Waals surface area contributed by atoms with E-state index in [1.54, 1.807) is 12.4 Å². The van der Waals surface area contributed by atoms with Crippen molar-refractivity contribution >= 4 is 27.6 Å². The van der Waals surface area contributed by atoms with Gasteiger partial charge in [0.15, 0.2) is 5.82 Å². The second-order valence-corrected chi connectivity index (χ2v) is 13.5. The number of hydrogen-bond acceptors (Lipinski definition) is 8. The maximum atomic E-state index is 16.7. The van der Waals surface area contributed by atoms with Crippen molar-refractivity contribution in [2.24, 2.45) is 11.8 Å². The number of rotatable bonds is 7. The van der Waals surface area contributed by atoms with Crippen LogP contribution >= 0.6 is 0 Å². The first-order chi connectivity index (χ1) is 20.9. The van der Waals surface area contributed by atoms with Gasteiger partial charge in [-0.25, -0.2) is 4.39 Å². The quantitative estimate of drug-likeness (QED) is 0.305. The van der Waals surface area contributed by atoms with Crippen LogP contribution in [0.25, 0.3) is 33.1 Å². The van der Waals surface area contributed by atoms with Crippen LogP contribution in [0.5, 0.6) is 6.01 Å². The van der Waals surface area contributed by atoms with E-state index in [4.69, 9.17) is 19.7 Å². The number of pyridine rings is 1. The van der Waals surface area contributed by atoms with Gasteiger partial charge in [-0.05, 0) is 56.1 Å². The van der Waals surface area contributed by atoms with Gasteiger partial charge in [-0.15, -0.1) is 0 Å². The summed E-state index contributed by atoms with van der Waals surface area (Å²) in [6, 6.07) is 5.02. The fraction of sp³-hybridized carbons (Fsp3) is 0.576. The predicted octanol–water partition coefficient (Wildman–Crippen LogP) is 5.24. The van der Waals surface area contributed by atoms with Crippen LogP contribution < -0.4 is 15.0 Å². The minimum Gasteiger partial charge on any atom is -0.461 e. The van der Waals surface area contributed by atoms with E-state index < -0.39 is 5.82 Å². The molecule has 4 aliphatic rings. The molecule has 4 aliphatic heterocycles. The van der Waals surface area contributed by atoms with Crippen molar-refractivity contribution in [3.63, 3.8) is 0 Å². The van der Waals surface area contributed by atoms with Gasteiger partial charge >= 0.3 is 6.01 Å². The molecule has 0 amide bonds. The fourth-order valence-corrected chi connectivity index (χ4v) is 8.50. The Morgan fingerprint density at radius 3 is 2.44 bits per heavy atom. The molecular weight excluding hydrogens is 543 g/mol. The molecule has 0 radical (unpaired) electrons. The highest BCUT2D eigenvalue weighted by molar-refractivity contribution is 5.98. The Morgan fingerprint density at radius 1 is 0.977 bits per heavy atom. The number of benzene rings is 1. The summed E-state index contributed by atoms with van der Waals surface area (Å²) in [6.45, 7) is 11.0.